The molecule has 0 spiro atoms. The number of anilines is 2. The monoisotopic (exact) mass is 270 g/mol. The highest BCUT2D eigenvalue weighted by molar-refractivity contribution is 6.34. The Morgan fingerprint density at radius 2 is 2.06 bits per heavy atom. The van der Waals surface area contributed by atoms with Crippen LogP contribution in [0.5, 0.6) is 0 Å². The molecule has 0 bridgehead atoms. The predicted octanol–water partition coefficient (Wildman–Crippen LogP) is 3.47. The smallest absolute Gasteiger partial charge is 0.337 e. The molecule has 1 aromatic carbocycles. The Hall–Kier alpha value is -1.42. The zero-order valence-electron chi connectivity index (χ0n) is 10.8. The molecule has 0 aliphatic heterocycles. The molecule has 1 aromatic rings. The molecule has 0 heterocycles. The van der Waals surface area contributed by atoms with Gasteiger partial charge in [-0.1, -0.05) is 25.4 Å². The highest BCUT2D eigenvalue weighted by Gasteiger charge is 2.16. The molecular formula is C13H19ClN2O2. The lowest BCUT2D eigenvalue weighted by molar-refractivity contribution is 0.0698. The summed E-state index contributed by atoms with van der Waals surface area (Å²) in [7, 11) is 0. The van der Waals surface area contributed by atoms with Crippen molar-refractivity contribution in [1.29, 1.82) is 0 Å². The third kappa shape index (κ3) is 3.81. The van der Waals surface area contributed by atoms with Crippen LogP contribution in [0.1, 0.15) is 37.6 Å². The van der Waals surface area contributed by atoms with Crippen LogP contribution in [-0.4, -0.2) is 17.1 Å². The Balaban J connectivity index is 3.03. The second-order valence-electron chi connectivity index (χ2n) is 4.91. The summed E-state index contributed by atoms with van der Waals surface area (Å²) in [6.07, 6.45) is 0.930. The predicted molar refractivity (Wildman–Crippen MR) is 75.4 cm³/mol. The SMILES string of the molecule is CC(C)CC(C)Nc1c(Cl)cc(N)cc1C(=O)O. The minimum absolute atomic E-state index is 0.107. The van der Waals surface area contributed by atoms with Crippen molar-refractivity contribution in [2.75, 3.05) is 11.1 Å². The molecule has 0 amide bonds. The molecule has 0 fully saturated rings. The van der Waals surface area contributed by atoms with Crippen LogP contribution in [0.25, 0.3) is 0 Å². The van der Waals surface area contributed by atoms with E-state index in [1.165, 1.54) is 6.07 Å². The van der Waals surface area contributed by atoms with Gasteiger partial charge in [0.05, 0.1) is 16.3 Å². The van der Waals surface area contributed by atoms with Gasteiger partial charge in [-0.05, 0) is 31.4 Å². The maximum atomic E-state index is 11.2. The molecule has 5 heteroatoms. The van der Waals surface area contributed by atoms with Gasteiger partial charge in [0.2, 0.25) is 0 Å². The van der Waals surface area contributed by atoms with Gasteiger partial charge in [-0.25, -0.2) is 4.79 Å². The van der Waals surface area contributed by atoms with Crippen molar-refractivity contribution in [3.8, 4) is 0 Å². The number of carboxylic acids is 1. The van der Waals surface area contributed by atoms with Crippen molar-refractivity contribution in [3.63, 3.8) is 0 Å². The third-order valence-electron chi connectivity index (χ3n) is 2.56. The van der Waals surface area contributed by atoms with E-state index in [-0.39, 0.29) is 11.6 Å². The first-order chi connectivity index (χ1) is 8.31. The van der Waals surface area contributed by atoms with Crippen molar-refractivity contribution in [1.82, 2.24) is 0 Å². The second kappa shape index (κ2) is 5.96. The molecule has 4 nitrogen and oxygen atoms in total. The van der Waals surface area contributed by atoms with E-state index < -0.39 is 5.97 Å². The Morgan fingerprint density at radius 3 is 2.56 bits per heavy atom. The molecule has 18 heavy (non-hydrogen) atoms. The zero-order chi connectivity index (χ0) is 13.9. The number of nitrogens with one attached hydrogen (secondary N) is 1. The highest BCUT2D eigenvalue weighted by atomic mass is 35.5. The van der Waals surface area contributed by atoms with Gasteiger partial charge in [0.15, 0.2) is 0 Å². The first kappa shape index (κ1) is 14.6. The molecule has 0 saturated carbocycles. The number of carbonyl (C=O) groups is 1. The summed E-state index contributed by atoms with van der Waals surface area (Å²) in [5, 5.41) is 12.6. The summed E-state index contributed by atoms with van der Waals surface area (Å²) in [5.74, 6) is -0.517. The summed E-state index contributed by atoms with van der Waals surface area (Å²) >= 11 is 6.05. The highest BCUT2D eigenvalue weighted by Crippen LogP contribution is 2.30. The maximum Gasteiger partial charge on any atom is 0.337 e. The topological polar surface area (TPSA) is 75.3 Å². The van der Waals surface area contributed by atoms with E-state index >= 15 is 0 Å². The molecule has 1 atom stereocenters. The van der Waals surface area contributed by atoms with Gasteiger partial charge in [0.25, 0.3) is 0 Å². The van der Waals surface area contributed by atoms with E-state index in [0.717, 1.165) is 6.42 Å². The lowest BCUT2D eigenvalue weighted by Gasteiger charge is -2.20. The van der Waals surface area contributed by atoms with Crippen LogP contribution in [0.3, 0.4) is 0 Å². The van der Waals surface area contributed by atoms with Crippen molar-refractivity contribution in [2.24, 2.45) is 5.92 Å². The van der Waals surface area contributed by atoms with Crippen LogP contribution < -0.4 is 11.1 Å². The van der Waals surface area contributed by atoms with Crippen LogP contribution in [0.4, 0.5) is 11.4 Å². The van der Waals surface area contributed by atoms with Gasteiger partial charge >= 0.3 is 5.97 Å². The van der Waals surface area contributed by atoms with E-state index in [4.69, 9.17) is 22.4 Å². The molecule has 1 unspecified atom stereocenters. The number of hydrogen-bond donors (Lipinski definition) is 3. The number of nitrogen functional groups attached to an aromatic ring is 1. The minimum Gasteiger partial charge on any atom is -0.478 e. The van der Waals surface area contributed by atoms with Gasteiger partial charge in [0.1, 0.15) is 0 Å². The number of aromatic carboxylic acids is 1. The number of rotatable bonds is 5. The molecule has 0 saturated heterocycles. The number of benzene rings is 1. The molecule has 0 aliphatic rings. The average Bonchev–Trinajstić information content (AvgIpc) is 2.20. The van der Waals surface area contributed by atoms with Gasteiger partial charge in [-0.15, -0.1) is 0 Å². The lowest BCUT2D eigenvalue weighted by atomic mass is 10.0. The fourth-order valence-corrected chi connectivity index (χ4v) is 2.24. The Morgan fingerprint density at radius 1 is 1.44 bits per heavy atom. The van der Waals surface area contributed by atoms with E-state index in [0.29, 0.717) is 22.3 Å². The Labute approximate surface area is 112 Å². The summed E-state index contributed by atoms with van der Waals surface area (Å²) in [4.78, 5) is 11.2. The summed E-state index contributed by atoms with van der Waals surface area (Å²) in [6, 6.07) is 3.11. The van der Waals surface area contributed by atoms with Gasteiger partial charge in [0, 0.05) is 11.7 Å². The van der Waals surface area contributed by atoms with Crippen LogP contribution in [0, 0.1) is 5.92 Å². The zero-order valence-corrected chi connectivity index (χ0v) is 11.6. The number of halogens is 1. The molecule has 4 N–H and O–H groups in total. The molecule has 0 aromatic heterocycles. The van der Waals surface area contributed by atoms with Crippen molar-refractivity contribution in [3.05, 3.63) is 22.7 Å². The van der Waals surface area contributed by atoms with Gasteiger partial charge in [-0.3, -0.25) is 0 Å². The minimum atomic E-state index is -1.04. The molecular weight excluding hydrogens is 252 g/mol. The summed E-state index contributed by atoms with van der Waals surface area (Å²) in [5.41, 5.74) is 6.49. The maximum absolute atomic E-state index is 11.2. The van der Waals surface area contributed by atoms with Crippen LogP contribution in [-0.2, 0) is 0 Å². The van der Waals surface area contributed by atoms with Crippen molar-refractivity contribution in [2.45, 2.75) is 33.2 Å². The van der Waals surface area contributed by atoms with E-state index in [9.17, 15) is 4.79 Å². The summed E-state index contributed by atoms with van der Waals surface area (Å²) in [6.45, 7) is 6.22. The molecule has 0 aliphatic carbocycles. The lowest BCUT2D eigenvalue weighted by Crippen LogP contribution is -2.19. The normalized spacial score (nSPS) is 12.5. The van der Waals surface area contributed by atoms with Crippen LogP contribution >= 0.6 is 11.6 Å². The average molecular weight is 271 g/mol. The van der Waals surface area contributed by atoms with Crippen molar-refractivity contribution < 1.29 is 9.90 Å². The van der Waals surface area contributed by atoms with E-state index in [1.807, 2.05) is 6.92 Å². The van der Waals surface area contributed by atoms with Crippen molar-refractivity contribution >= 4 is 28.9 Å². The number of nitrogens with two attached hydrogens (primary N) is 1. The van der Waals surface area contributed by atoms with Gasteiger partial charge < -0.3 is 16.2 Å². The summed E-state index contributed by atoms with van der Waals surface area (Å²) < 4.78 is 0. The Kier molecular flexibility index (Phi) is 4.84. The number of carboxylic acid groups (broad SMARTS) is 1. The van der Waals surface area contributed by atoms with Crippen LogP contribution in [0.2, 0.25) is 5.02 Å². The molecule has 1 rings (SSSR count). The largest absolute Gasteiger partial charge is 0.478 e. The van der Waals surface area contributed by atoms with Gasteiger partial charge in [-0.2, -0.15) is 0 Å². The molecule has 100 valence electrons. The number of hydrogen-bond acceptors (Lipinski definition) is 3. The second-order valence-corrected chi connectivity index (χ2v) is 5.31. The van der Waals surface area contributed by atoms with E-state index in [2.05, 4.69) is 19.2 Å². The quantitative estimate of drug-likeness (QED) is 0.716. The standard InChI is InChI=1S/C13H19ClN2O2/c1-7(2)4-8(3)16-12-10(13(17)18)5-9(15)6-11(12)14/h5-8,16H,4,15H2,1-3H3,(H,17,18). The Bertz CT molecular complexity index is 447. The van der Waals surface area contributed by atoms with E-state index in [1.54, 1.807) is 6.07 Å². The first-order valence-electron chi connectivity index (χ1n) is 5.90. The fourth-order valence-electron chi connectivity index (χ4n) is 1.96. The fraction of sp³-hybridized carbons (Fsp3) is 0.462. The molecule has 0 radical (unpaired) electrons. The first-order valence-corrected chi connectivity index (χ1v) is 6.28. The van der Waals surface area contributed by atoms with Crippen LogP contribution in [0.15, 0.2) is 12.1 Å². The third-order valence-corrected chi connectivity index (χ3v) is 2.86.